The van der Waals surface area contributed by atoms with E-state index in [1.807, 2.05) is 6.26 Å². The van der Waals surface area contributed by atoms with Gasteiger partial charge in [0.05, 0.1) is 17.1 Å². The molecule has 0 radical (unpaired) electrons. The minimum atomic E-state index is -0.317. The second kappa shape index (κ2) is 6.00. The lowest BCUT2D eigenvalue weighted by Crippen LogP contribution is -2.03. The van der Waals surface area contributed by atoms with Crippen molar-refractivity contribution in [1.82, 2.24) is 4.37 Å². The van der Waals surface area contributed by atoms with Gasteiger partial charge in [-0.2, -0.15) is 9.64 Å². The van der Waals surface area contributed by atoms with Crippen molar-refractivity contribution in [3.05, 3.63) is 5.56 Å². The normalized spacial score (nSPS) is 9.67. The van der Waals surface area contributed by atoms with Crippen LogP contribution in [0.15, 0.2) is 9.24 Å². The molecule has 1 aromatic heterocycles. The number of hydrogen-bond donors (Lipinski definition) is 0. The number of nitriles is 1. The van der Waals surface area contributed by atoms with E-state index in [0.717, 1.165) is 4.21 Å². The standard InChI is InChI=1S/C8H8N2O2S3/c1-12-6(11)4-14-7-5(3-9)8(13-2)15-10-7/h4H2,1-2H3. The van der Waals surface area contributed by atoms with E-state index < -0.39 is 0 Å². The molecule has 0 amide bonds. The van der Waals surface area contributed by atoms with E-state index in [-0.39, 0.29) is 11.7 Å². The van der Waals surface area contributed by atoms with Gasteiger partial charge >= 0.3 is 5.97 Å². The molecule has 0 aliphatic rings. The Balaban J connectivity index is 2.74. The number of carbonyl (C=O) groups is 1. The van der Waals surface area contributed by atoms with E-state index in [9.17, 15) is 4.79 Å². The van der Waals surface area contributed by atoms with Crippen LogP contribution in [0.4, 0.5) is 0 Å². The van der Waals surface area contributed by atoms with Gasteiger partial charge in [0.2, 0.25) is 0 Å². The first-order chi connectivity index (χ1) is 7.22. The van der Waals surface area contributed by atoms with Crippen molar-refractivity contribution in [1.29, 1.82) is 5.26 Å². The van der Waals surface area contributed by atoms with Crippen molar-refractivity contribution < 1.29 is 9.53 Å². The molecule has 0 aliphatic carbocycles. The van der Waals surface area contributed by atoms with Gasteiger partial charge in [-0.25, -0.2) is 0 Å². The van der Waals surface area contributed by atoms with Crippen LogP contribution in [0.3, 0.4) is 0 Å². The zero-order chi connectivity index (χ0) is 11.3. The Bertz CT molecular complexity index is 397. The molecule has 0 saturated carbocycles. The fourth-order valence-corrected chi connectivity index (χ4v) is 3.14. The van der Waals surface area contributed by atoms with Gasteiger partial charge in [0.1, 0.15) is 16.7 Å². The quantitative estimate of drug-likeness (QED) is 0.609. The Labute approximate surface area is 100 Å². The smallest absolute Gasteiger partial charge is 0.316 e. The average Bonchev–Trinajstić information content (AvgIpc) is 2.67. The van der Waals surface area contributed by atoms with Crippen molar-refractivity contribution in [3.8, 4) is 6.07 Å². The number of nitrogens with zero attached hydrogens (tertiary/aromatic N) is 2. The topological polar surface area (TPSA) is 63.0 Å². The lowest BCUT2D eigenvalue weighted by atomic mass is 10.4. The van der Waals surface area contributed by atoms with Crippen LogP contribution >= 0.6 is 35.1 Å². The summed E-state index contributed by atoms with van der Waals surface area (Å²) in [4.78, 5) is 10.9. The van der Waals surface area contributed by atoms with Crippen molar-refractivity contribution in [2.75, 3.05) is 19.1 Å². The highest BCUT2D eigenvalue weighted by Crippen LogP contribution is 2.32. The van der Waals surface area contributed by atoms with Gasteiger partial charge in [0, 0.05) is 0 Å². The van der Waals surface area contributed by atoms with E-state index in [2.05, 4.69) is 15.2 Å². The molecule has 0 aliphatic heterocycles. The molecule has 1 heterocycles. The lowest BCUT2D eigenvalue weighted by Gasteiger charge is -1.96. The van der Waals surface area contributed by atoms with Gasteiger partial charge in [-0.3, -0.25) is 4.79 Å². The molecule has 0 unspecified atom stereocenters. The van der Waals surface area contributed by atoms with Gasteiger partial charge in [0.25, 0.3) is 0 Å². The first-order valence-corrected chi connectivity index (χ1v) is 6.84. The zero-order valence-electron chi connectivity index (χ0n) is 8.14. The number of esters is 1. The molecule has 0 saturated heterocycles. The average molecular weight is 260 g/mol. The van der Waals surface area contributed by atoms with Crippen LogP contribution in [-0.4, -0.2) is 29.5 Å². The van der Waals surface area contributed by atoms with E-state index in [1.54, 1.807) is 0 Å². The van der Waals surface area contributed by atoms with Crippen LogP contribution in [0.25, 0.3) is 0 Å². The second-order valence-corrected chi connectivity index (χ2v) is 5.14. The Morgan fingerprint density at radius 2 is 2.47 bits per heavy atom. The molecule has 0 N–H and O–H groups in total. The molecular weight excluding hydrogens is 252 g/mol. The molecular formula is C8H8N2O2S3. The minimum absolute atomic E-state index is 0.183. The molecule has 0 aromatic carbocycles. The molecule has 0 spiro atoms. The number of carbonyl (C=O) groups excluding carboxylic acids is 1. The second-order valence-electron chi connectivity index (χ2n) is 2.33. The van der Waals surface area contributed by atoms with Crippen LogP contribution in [0.2, 0.25) is 0 Å². The highest BCUT2D eigenvalue weighted by Gasteiger charge is 2.14. The molecule has 4 nitrogen and oxygen atoms in total. The highest BCUT2D eigenvalue weighted by atomic mass is 32.2. The summed E-state index contributed by atoms with van der Waals surface area (Å²) >= 11 is 3.99. The number of methoxy groups -OCH3 is 1. The Kier molecular flexibility index (Phi) is 4.94. The molecule has 1 aromatic rings. The predicted molar refractivity (Wildman–Crippen MR) is 61.4 cm³/mol. The summed E-state index contributed by atoms with van der Waals surface area (Å²) in [6.45, 7) is 0. The van der Waals surface area contributed by atoms with Gasteiger partial charge in [-0.05, 0) is 17.8 Å². The summed E-state index contributed by atoms with van der Waals surface area (Å²) in [6.07, 6.45) is 1.89. The molecule has 0 fully saturated rings. The maximum Gasteiger partial charge on any atom is 0.316 e. The number of aromatic nitrogens is 1. The summed E-state index contributed by atoms with van der Waals surface area (Å²) in [7, 11) is 1.34. The third-order valence-corrected chi connectivity index (χ3v) is 4.49. The van der Waals surface area contributed by atoms with Crippen LogP contribution in [0.1, 0.15) is 5.56 Å². The fourth-order valence-electron chi connectivity index (χ4n) is 0.779. The lowest BCUT2D eigenvalue weighted by molar-refractivity contribution is -0.137. The van der Waals surface area contributed by atoms with Crippen LogP contribution in [0.5, 0.6) is 0 Å². The third-order valence-electron chi connectivity index (χ3n) is 1.48. The first kappa shape index (κ1) is 12.4. The van der Waals surface area contributed by atoms with Crippen LogP contribution in [-0.2, 0) is 9.53 Å². The van der Waals surface area contributed by atoms with Crippen molar-refractivity contribution >= 4 is 41.0 Å². The molecule has 0 bridgehead atoms. The Hall–Kier alpha value is -0.710. The SMILES string of the molecule is COC(=O)CSc1nsc(SC)c1C#N. The number of ether oxygens (including phenoxy) is 1. The highest BCUT2D eigenvalue weighted by molar-refractivity contribution is 8.01. The molecule has 0 atom stereocenters. The summed E-state index contributed by atoms with van der Waals surface area (Å²) in [5.74, 6) is -0.134. The zero-order valence-corrected chi connectivity index (χ0v) is 10.6. The summed E-state index contributed by atoms with van der Waals surface area (Å²) in [6, 6.07) is 2.09. The van der Waals surface area contributed by atoms with E-state index >= 15 is 0 Å². The molecule has 7 heteroatoms. The Morgan fingerprint density at radius 1 is 1.73 bits per heavy atom. The minimum Gasteiger partial charge on any atom is -0.468 e. The van der Waals surface area contributed by atoms with Gasteiger partial charge in [0.15, 0.2) is 0 Å². The molecule has 80 valence electrons. The molecule has 15 heavy (non-hydrogen) atoms. The number of rotatable bonds is 4. The number of hydrogen-bond acceptors (Lipinski definition) is 7. The van der Waals surface area contributed by atoms with E-state index in [0.29, 0.717) is 10.6 Å². The third kappa shape index (κ3) is 3.12. The number of thioether (sulfide) groups is 2. The van der Waals surface area contributed by atoms with E-state index in [4.69, 9.17) is 5.26 Å². The van der Waals surface area contributed by atoms with Gasteiger partial charge in [-0.15, -0.1) is 11.8 Å². The summed E-state index contributed by atoms with van der Waals surface area (Å²) in [5.41, 5.74) is 0.557. The Morgan fingerprint density at radius 3 is 3.00 bits per heavy atom. The summed E-state index contributed by atoms with van der Waals surface area (Å²) < 4.78 is 9.50. The maximum absolute atomic E-state index is 10.9. The summed E-state index contributed by atoms with van der Waals surface area (Å²) in [5, 5.41) is 9.52. The maximum atomic E-state index is 10.9. The van der Waals surface area contributed by atoms with Crippen molar-refractivity contribution in [2.45, 2.75) is 9.24 Å². The fraction of sp³-hybridized carbons (Fsp3) is 0.375. The van der Waals surface area contributed by atoms with Crippen LogP contribution in [0, 0.1) is 11.3 Å². The molecule has 1 rings (SSSR count). The largest absolute Gasteiger partial charge is 0.468 e. The first-order valence-electron chi connectivity index (χ1n) is 3.86. The van der Waals surface area contributed by atoms with Gasteiger partial charge in [-0.1, -0.05) is 11.8 Å². The van der Waals surface area contributed by atoms with Gasteiger partial charge < -0.3 is 4.74 Å². The monoisotopic (exact) mass is 260 g/mol. The van der Waals surface area contributed by atoms with E-state index in [1.165, 1.54) is 42.2 Å². The van der Waals surface area contributed by atoms with Crippen molar-refractivity contribution in [2.24, 2.45) is 0 Å². The van der Waals surface area contributed by atoms with Crippen LogP contribution < -0.4 is 0 Å². The van der Waals surface area contributed by atoms with Crippen molar-refractivity contribution in [3.63, 3.8) is 0 Å². The predicted octanol–water partition coefficient (Wildman–Crippen LogP) is 2.00.